The second kappa shape index (κ2) is 5.48. The van der Waals surface area contributed by atoms with Crippen LogP contribution in [-0.2, 0) is 19.1 Å². The molecule has 2 heterocycles. The molecule has 1 spiro atoms. The molecule has 2 aliphatic rings. The van der Waals surface area contributed by atoms with E-state index in [9.17, 15) is 24.9 Å². The maximum Gasteiger partial charge on any atom is 0.354 e. The molecule has 0 aromatic heterocycles. The van der Waals surface area contributed by atoms with Gasteiger partial charge in [0.2, 0.25) is 5.60 Å². The minimum Gasteiger partial charge on any atom is -0.508 e. The summed E-state index contributed by atoms with van der Waals surface area (Å²) in [5.41, 5.74) is -1.46. The Morgan fingerprint density at radius 2 is 1.91 bits per heavy atom. The van der Waals surface area contributed by atoms with Crippen molar-refractivity contribution in [3.63, 3.8) is 0 Å². The van der Waals surface area contributed by atoms with Gasteiger partial charge in [0.05, 0.1) is 13.0 Å². The molecule has 23 heavy (non-hydrogen) atoms. The third kappa shape index (κ3) is 2.26. The molecule has 0 unspecified atom stereocenters. The first-order valence-corrected chi connectivity index (χ1v) is 7.09. The molecule has 0 bridgehead atoms. The standard InChI is InChI=1S/C15H16O8/c16-6-10(18)12-13(20)15(14(21)22-12)9(5-11(19)23-15)7-1-3-8(17)4-2-7/h1-4,9-10,12-13,16-18,20H,5-6H2/t9-,10+,12-,13+,15-/m0/s1. The summed E-state index contributed by atoms with van der Waals surface area (Å²) in [4.78, 5) is 24.1. The number of hydrogen-bond acceptors (Lipinski definition) is 8. The Bertz CT molecular complexity index is 627. The first-order valence-electron chi connectivity index (χ1n) is 7.09. The number of rotatable bonds is 3. The number of cyclic esters (lactones) is 1. The van der Waals surface area contributed by atoms with Gasteiger partial charge in [-0.3, -0.25) is 4.79 Å². The third-order valence-electron chi connectivity index (χ3n) is 4.35. The number of benzene rings is 1. The van der Waals surface area contributed by atoms with E-state index in [2.05, 4.69) is 0 Å². The summed E-state index contributed by atoms with van der Waals surface area (Å²) in [7, 11) is 0. The average Bonchev–Trinajstić information content (AvgIpc) is 3.01. The highest BCUT2D eigenvalue weighted by molar-refractivity contribution is 5.91. The van der Waals surface area contributed by atoms with Gasteiger partial charge < -0.3 is 29.9 Å². The molecule has 1 aromatic carbocycles. The van der Waals surface area contributed by atoms with Gasteiger partial charge in [-0.15, -0.1) is 0 Å². The van der Waals surface area contributed by atoms with Gasteiger partial charge in [-0.2, -0.15) is 0 Å². The van der Waals surface area contributed by atoms with Crippen LogP contribution in [0.3, 0.4) is 0 Å². The van der Waals surface area contributed by atoms with Crippen molar-refractivity contribution < 1.29 is 39.5 Å². The molecule has 2 saturated heterocycles. The van der Waals surface area contributed by atoms with Crippen LogP contribution in [-0.4, -0.2) is 62.9 Å². The molecule has 0 amide bonds. The first kappa shape index (κ1) is 15.7. The van der Waals surface area contributed by atoms with E-state index in [1.165, 1.54) is 24.3 Å². The lowest BCUT2D eigenvalue weighted by Crippen LogP contribution is -2.52. The zero-order chi connectivity index (χ0) is 16.8. The molecular formula is C15H16O8. The van der Waals surface area contributed by atoms with Crippen LogP contribution in [0, 0.1) is 0 Å². The number of aromatic hydroxyl groups is 1. The van der Waals surface area contributed by atoms with Gasteiger partial charge in [0.1, 0.15) is 18.0 Å². The van der Waals surface area contributed by atoms with Gasteiger partial charge in [-0.1, -0.05) is 12.1 Å². The Morgan fingerprint density at radius 3 is 2.52 bits per heavy atom. The predicted octanol–water partition coefficient (Wildman–Crippen LogP) is -1.20. The Labute approximate surface area is 130 Å². The molecule has 8 heteroatoms. The van der Waals surface area contributed by atoms with Crippen molar-refractivity contribution in [3.8, 4) is 5.75 Å². The summed E-state index contributed by atoms with van der Waals surface area (Å²) in [6.45, 7) is -0.719. The summed E-state index contributed by atoms with van der Waals surface area (Å²) in [5, 5.41) is 38.5. The van der Waals surface area contributed by atoms with Gasteiger partial charge in [-0.25, -0.2) is 4.79 Å². The van der Waals surface area contributed by atoms with E-state index in [0.717, 1.165) is 0 Å². The number of aliphatic hydroxyl groups is 3. The molecule has 2 aliphatic heterocycles. The minimum absolute atomic E-state index is 0.0103. The SMILES string of the molecule is O=C1C[C@@H](c2ccc(O)cc2)[C@@]2(O1)C(=O)O[C@@H]([C@H](O)CO)[C@H]2O. The van der Waals surface area contributed by atoms with E-state index >= 15 is 0 Å². The summed E-state index contributed by atoms with van der Waals surface area (Å²) >= 11 is 0. The second-order valence-corrected chi connectivity index (χ2v) is 5.68. The zero-order valence-electron chi connectivity index (χ0n) is 12.0. The molecule has 8 nitrogen and oxygen atoms in total. The highest BCUT2D eigenvalue weighted by Gasteiger charge is 2.69. The number of esters is 2. The number of carbonyl (C=O) groups is 2. The largest absolute Gasteiger partial charge is 0.508 e. The molecular weight excluding hydrogens is 308 g/mol. The summed E-state index contributed by atoms with van der Waals surface area (Å²) in [5.74, 6) is -2.46. The van der Waals surface area contributed by atoms with E-state index in [1.54, 1.807) is 0 Å². The van der Waals surface area contributed by atoms with Crippen LogP contribution in [0.1, 0.15) is 17.9 Å². The minimum atomic E-state index is -1.96. The quantitative estimate of drug-likeness (QED) is 0.510. The van der Waals surface area contributed by atoms with Crippen molar-refractivity contribution in [1.82, 2.24) is 0 Å². The first-order chi connectivity index (χ1) is 10.9. The molecule has 5 atom stereocenters. The van der Waals surface area contributed by atoms with Crippen LogP contribution >= 0.6 is 0 Å². The summed E-state index contributed by atoms with van der Waals surface area (Å²) < 4.78 is 10.1. The van der Waals surface area contributed by atoms with Gasteiger partial charge >= 0.3 is 11.9 Å². The molecule has 3 rings (SSSR count). The molecule has 1 aromatic rings. The van der Waals surface area contributed by atoms with Crippen LogP contribution < -0.4 is 0 Å². The Morgan fingerprint density at radius 1 is 1.26 bits per heavy atom. The van der Waals surface area contributed by atoms with Crippen molar-refractivity contribution in [2.45, 2.75) is 36.3 Å². The van der Waals surface area contributed by atoms with Crippen LogP contribution in [0.25, 0.3) is 0 Å². The fourth-order valence-corrected chi connectivity index (χ4v) is 3.18. The van der Waals surface area contributed by atoms with Gasteiger partial charge in [0.15, 0.2) is 6.10 Å². The van der Waals surface area contributed by atoms with Crippen LogP contribution in [0.5, 0.6) is 5.75 Å². The number of phenolic OH excluding ortho intramolecular Hbond substituents is 1. The molecule has 0 radical (unpaired) electrons. The highest BCUT2D eigenvalue weighted by atomic mass is 16.6. The smallest absolute Gasteiger partial charge is 0.354 e. The fourth-order valence-electron chi connectivity index (χ4n) is 3.18. The number of carbonyl (C=O) groups excluding carboxylic acids is 2. The van der Waals surface area contributed by atoms with Crippen molar-refractivity contribution in [2.75, 3.05) is 6.61 Å². The van der Waals surface area contributed by atoms with E-state index in [1.807, 2.05) is 0 Å². The van der Waals surface area contributed by atoms with E-state index in [0.29, 0.717) is 5.56 Å². The van der Waals surface area contributed by atoms with Crippen LogP contribution in [0.2, 0.25) is 0 Å². The monoisotopic (exact) mass is 324 g/mol. The summed E-state index contributed by atoms with van der Waals surface area (Å²) in [6, 6.07) is 5.80. The molecule has 124 valence electrons. The van der Waals surface area contributed by atoms with Gasteiger partial charge in [0, 0.05) is 5.92 Å². The number of aliphatic hydroxyl groups excluding tert-OH is 3. The number of ether oxygens (including phenoxy) is 2. The third-order valence-corrected chi connectivity index (χ3v) is 4.35. The van der Waals surface area contributed by atoms with Crippen molar-refractivity contribution >= 4 is 11.9 Å². The van der Waals surface area contributed by atoms with Crippen LogP contribution in [0.15, 0.2) is 24.3 Å². The zero-order valence-corrected chi connectivity index (χ0v) is 12.0. The van der Waals surface area contributed by atoms with E-state index < -0.39 is 48.4 Å². The molecule has 4 N–H and O–H groups in total. The Hall–Kier alpha value is -2.16. The van der Waals surface area contributed by atoms with Crippen molar-refractivity contribution in [1.29, 1.82) is 0 Å². The molecule has 0 saturated carbocycles. The fraction of sp³-hybridized carbons (Fsp3) is 0.467. The maximum atomic E-state index is 12.3. The van der Waals surface area contributed by atoms with E-state index in [-0.39, 0.29) is 12.2 Å². The second-order valence-electron chi connectivity index (χ2n) is 5.68. The summed E-state index contributed by atoms with van der Waals surface area (Å²) in [6.07, 6.45) is -4.66. The Kier molecular flexibility index (Phi) is 3.75. The predicted molar refractivity (Wildman–Crippen MR) is 73.3 cm³/mol. The van der Waals surface area contributed by atoms with Gasteiger partial charge in [-0.05, 0) is 17.7 Å². The Balaban J connectivity index is 2.02. The van der Waals surface area contributed by atoms with Crippen molar-refractivity contribution in [3.05, 3.63) is 29.8 Å². The number of phenols is 1. The molecule has 0 aliphatic carbocycles. The lowest BCUT2D eigenvalue weighted by Gasteiger charge is -2.29. The van der Waals surface area contributed by atoms with Crippen LogP contribution in [0.4, 0.5) is 0 Å². The average molecular weight is 324 g/mol. The maximum absolute atomic E-state index is 12.3. The lowest BCUT2D eigenvalue weighted by molar-refractivity contribution is -0.169. The topological polar surface area (TPSA) is 134 Å². The lowest BCUT2D eigenvalue weighted by atomic mass is 9.77. The van der Waals surface area contributed by atoms with E-state index in [4.69, 9.17) is 14.6 Å². The molecule has 2 fully saturated rings. The highest BCUT2D eigenvalue weighted by Crippen LogP contribution is 2.48. The normalized spacial score (nSPS) is 34.5. The van der Waals surface area contributed by atoms with Gasteiger partial charge in [0.25, 0.3) is 0 Å². The van der Waals surface area contributed by atoms with Crippen molar-refractivity contribution in [2.24, 2.45) is 0 Å². The number of hydrogen-bond donors (Lipinski definition) is 4.